The van der Waals surface area contributed by atoms with E-state index in [0.717, 1.165) is 30.6 Å². The molecule has 5 heteroatoms. The fourth-order valence-corrected chi connectivity index (χ4v) is 3.00. The standard InChI is InChI=1S/C21H24N2O3/c1-2-14-26-19-7-4-3-6-18(19)22-20(24)15-16-9-11-17(12-10-16)23-13-5-8-21(23)25/h3-4,6-7,9-12H,2,5,8,13-15H2,1H3,(H,22,24). The van der Waals surface area contributed by atoms with E-state index < -0.39 is 0 Å². The lowest BCUT2D eigenvalue weighted by molar-refractivity contribution is -0.117. The lowest BCUT2D eigenvalue weighted by Crippen LogP contribution is -2.23. The maximum Gasteiger partial charge on any atom is 0.228 e. The van der Waals surface area contributed by atoms with E-state index in [-0.39, 0.29) is 18.2 Å². The monoisotopic (exact) mass is 352 g/mol. The zero-order valence-corrected chi connectivity index (χ0v) is 15.0. The van der Waals surface area contributed by atoms with Gasteiger partial charge in [-0.25, -0.2) is 0 Å². The Morgan fingerprint density at radius 1 is 1.15 bits per heavy atom. The van der Waals surface area contributed by atoms with Gasteiger partial charge in [0.25, 0.3) is 0 Å². The summed E-state index contributed by atoms with van der Waals surface area (Å²) in [4.78, 5) is 26.0. The van der Waals surface area contributed by atoms with Crippen LogP contribution < -0.4 is 15.0 Å². The Kier molecular flexibility index (Phi) is 5.89. The van der Waals surface area contributed by atoms with Crippen LogP contribution in [0.1, 0.15) is 31.7 Å². The van der Waals surface area contributed by atoms with E-state index in [1.165, 1.54) is 0 Å². The number of ether oxygens (including phenoxy) is 1. The highest BCUT2D eigenvalue weighted by molar-refractivity contribution is 5.96. The van der Waals surface area contributed by atoms with Crippen molar-refractivity contribution < 1.29 is 14.3 Å². The predicted molar refractivity (Wildman–Crippen MR) is 103 cm³/mol. The van der Waals surface area contributed by atoms with Crippen molar-refractivity contribution in [1.82, 2.24) is 0 Å². The van der Waals surface area contributed by atoms with Gasteiger partial charge in [-0.05, 0) is 42.7 Å². The Bertz CT molecular complexity index is 771. The van der Waals surface area contributed by atoms with Gasteiger partial charge in [0.15, 0.2) is 0 Å². The Morgan fingerprint density at radius 2 is 1.92 bits per heavy atom. The van der Waals surface area contributed by atoms with Crippen LogP contribution in [-0.4, -0.2) is 25.0 Å². The number of benzene rings is 2. The molecule has 1 aliphatic heterocycles. The van der Waals surface area contributed by atoms with Crippen LogP contribution in [0, 0.1) is 0 Å². The highest BCUT2D eigenvalue weighted by atomic mass is 16.5. The molecule has 0 spiro atoms. The van der Waals surface area contributed by atoms with Crippen LogP contribution in [0.5, 0.6) is 5.75 Å². The summed E-state index contributed by atoms with van der Waals surface area (Å²) in [6.07, 6.45) is 2.71. The van der Waals surface area contributed by atoms with Gasteiger partial charge in [0.05, 0.1) is 18.7 Å². The van der Waals surface area contributed by atoms with Crippen LogP contribution in [0.25, 0.3) is 0 Å². The predicted octanol–water partition coefficient (Wildman–Crippen LogP) is 3.78. The first-order valence-electron chi connectivity index (χ1n) is 9.08. The van der Waals surface area contributed by atoms with Gasteiger partial charge in [-0.1, -0.05) is 31.2 Å². The van der Waals surface area contributed by atoms with Crippen molar-refractivity contribution in [2.24, 2.45) is 0 Å². The number of hydrogen-bond acceptors (Lipinski definition) is 3. The molecule has 0 aliphatic carbocycles. The fourth-order valence-electron chi connectivity index (χ4n) is 3.00. The summed E-state index contributed by atoms with van der Waals surface area (Å²) in [5.41, 5.74) is 2.49. The van der Waals surface area contributed by atoms with Gasteiger partial charge in [-0.2, -0.15) is 0 Å². The lowest BCUT2D eigenvalue weighted by Gasteiger charge is -2.16. The molecule has 1 fully saturated rings. The van der Waals surface area contributed by atoms with Gasteiger partial charge in [0, 0.05) is 18.7 Å². The van der Waals surface area contributed by atoms with Crippen LogP contribution in [0.4, 0.5) is 11.4 Å². The number of hydrogen-bond donors (Lipinski definition) is 1. The molecule has 0 bridgehead atoms. The Morgan fingerprint density at radius 3 is 2.62 bits per heavy atom. The minimum atomic E-state index is -0.0949. The number of carbonyl (C=O) groups excluding carboxylic acids is 2. The third-order valence-electron chi connectivity index (χ3n) is 4.31. The quantitative estimate of drug-likeness (QED) is 0.825. The van der Waals surface area contributed by atoms with Gasteiger partial charge < -0.3 is 15.0 Å². The molecule has 3 rings (SSSR count). The van der Waals surface area contributed by atoms with E-state index >= 15 is 0 Å². The van der Waals surface area contributed by atoms with E-state index in [1.807, 2.05) is 55.5 Å². The van der Waals surface area contributed by atoms with Gasteiger partial charge in [-0.3, -0.25) is 9.59 Å². The number of rotatable bonds is 7. The Balaban J connectivity index is 1.61. The first kappa shape index (κ1) is 18.0. The number of nitrogens with one attached hydrogen (secondary N) is 1. The zero-order valence-electron chi connectivity index (χ0n) is 15.0. The lowest BCUT2D eigenvalue weighted by atomic mass is 10.1. The van der Waals surface area contributed by atoms with Crippen LogP contribution >= 0.6 is 0 Å². The second-order valence-electron chi connectivity index (χ2n) is 6.38. The maximum atomic E-state index is 12.4. The molecule has 2 amide bonds. The van der Waals surface area contributed by atoms with E-state index in [2.05, 4.69) is 5.32 Å². The molecule has 0 atom stereocenters. The summed E-state index contributed by atoms with van der Waals surface area (Å²) in [5.74, 6) is 0.757. The molecule has 1 aliphatic rings. The van der Waals surface area contributed by atoms with Crippen molar-refractivity contribution in [2.75, 3.05) is 23.4 Å². The topological polar surface area (TPSA) is 58.6 Å². The molecular formula is C21H24N2O3. The summed E-state index contributed by atoms with van der Waals surface area (Å²) in [6.45, 7) is 3.43. The third kappa shape index (κ3) is 4.42. The second-order valence-corrected chi connectivity index (χ2v) is 6.38. The SMILES string of the molecule is CCCOc1ccccc1NC(=O)Cc1ccc(N2CCCC2=O)cc1. The molecular weight excluding hydrogens is 328 g/mol. The summed E-state index contributed by atoms with van der Waals surface area (Å²) in [7, 11) is 0. The summed E-state index contributed by atoms with van der Waals surface area (Å²) >= 11 is 0. The average molecular weight is 352 g/mol. The highest BCUT2D eigenvalue weighted by Gasteiger charge is 2.21. The molecule has 0 unspecified atom stereocenters. The molecule has 1 heterocycles. The fraction of sp³-hybridized carbons (Fsp3) is 0.333. The maximum absolute atomic E-state index is 12.4. The number of carbonyl (C=O) groups is 2. The molecule has 136 valence electrons. The van der Waals surface area contributed by atoms with Crippen LogP contribution in [-0.2, 0) is 16.0 Å². The largest absolute Gasteiger partial charge is 0.491 e. The molecule has 0 radical (unpaired) electrons. The van der Waals surface area contributed by atoms with Crippen molar-refractivity contribution >= 4 is 23.2 Å². The number of nitrogens with zero attached hydrogens (tertiary/aromatic N) is 1. The van der Waals surface area contributed by atoms with E-state index in [1.54, 1.807) is 4.90 Å². The van der Waals surface area contributed by atoms with Gasteiger partial charge in [-0.15, -0.1) is 0 Å². The molecule has 0 saturated carbocycles. The molecule has 0 aromatic heterocycles. The van der Waals surface area contributed by atoms with Crippen molar-refractivity contribution in [1.29, 1.82) is 0 Å². The van der Waals surface area contributed by atoms with E-state index in [4.69, 9.17) is 4.74 Å². The average Bonchev–Trinajstić information content (AvgIpc) is 3.07. The highest BCUT2D eigenvalue weighted by Crippen LogP contribution is 2.25. The molecule has 26 heavy (non-hydrogen) atoms. The molecule has 2 aromatic rings. The number of anilines is 2. The molecule has 1 N–H and O–H groups in total. The Hall–Kier alpha value is -2.82. The van der Waals surface area contributed by atoms with E-state index in [0.29, 0.717) is 24.5 Å². The summed E-state index contributed by atoms with van der Waals surface area (Å²) < 4.78 is 5.67. The smallest absolute Gasteiger partial charge is 0.228 e. The van der Waals surface area contributed by atoms with Gasteiger partial charge in [0.1, 0.15) is 5.75 Å². The summed E-state index contributed by atoms with van der Waals surface area (Å²) in [6, 6.07) is 15.1. The Labute approximate surface area is 154 Å². The van der Waals surface area contributed by atoms with Crippen LogP contribution in [0.15, 0.2) is 48.5 Å². The van der Waals surface area contributed by atoms with Crippen molar-refractivity contribution in [2.45, 2.75) is 32.6 Å². The summed E-state index contributed by atoms with van der Waals surface area (Å²) in [5, 5.41) is 2.92. The first-order chi connectivity index (χ1) is 12.7. The van der Waals surface area contributed by atoms with Crippen LogP contribution in [0.2, 0.25) is 0 Å². The van der Waals surface area contributed by atoms with Crippen LogP contribution in [0.3, 0.4) is 0 Å². The minimum absolute atomic E-state index is 0.0949. The third-order valence-corrected chi connectivity index (χ3v) is 4.31. The number of amides is 2. The van der Waals surface area contributed by atoms with Crippen molar-refractivity contribution in [3.63, 3.8) is 0 Å². The molecule has 5 nitrogen and oxygen atoms in total. The molecule has 1 saturated heterocycles. The minimum Gasteiger partial charge on any atom is -0.491 e. The van der Waals surface area contributed by atoms with Crippen molar-refractivity contribution in [3.8, 4) is 5.75 Å². The van der Waals surface area contributed by atoms with Crippen molar-refractivity contribution in [3.05, 3.63) is 54.1 Å². The number of para-hydroxylation sites is 2. The van der Waals surface area contributed by atoms with Gasteiger partial charge in [0.2, 0.25) is 11.8 Å². The second kappa shape index (κ2) is 8.52. The normalized spacial score (nSPS) is 13.7. The zero-order chi connectivity index (χ0) is 18.4. The molecule has 2 aromatic carbocycles. The first-order valence-corrected chi connectivity index (χ1v) is 9.08. The van der Waals surface area contributed by atoms with Gasteiger partial charge >= 0.3 is 0 Å². The van der Waals surface area contributed by atoms with E-state index in [9.17, 15) is 9.59 Å².